The highest BCUT2D eigenvalue weighted by Crippen LogP contribution is 2.32. The number of hydrogen-bond acceptors (Lipinski definition) is 5. The summed E-state index contributed by atoms with van der Waals surface area (Å²) < 4.78 is 16.8. The van der Waals surface area contributed by atoms with Gasteiger partial charge in [0.15, 0.2) is 17.5 Å². The number of rotatable bonds is 9. The molecule has 1 amide bonds. The van der Waals surface area contributed by atoms with Gasteiger partial charge in [0.1, 0.15) is 5.76 Å². The minimum atomic E-state index is 0. The molecule has 2 heterocycles. The van der Waals surface area contributed by atoms with Crippen molar-refractivity contribution in [3.05, 3.63) is 42.4 Å². The van der Waals surface area contributed by atoms with Crippen molar-refractivity contribution < 1.29 is 18.7 Å². The number of fused-ring (bicyclic) bond motifs is 1. The third-order valence-electron chi connectivity index (χ3n) is 4.88. The lowest BCUT2D eigenvalue weighted by Crippen LogP contribution is -2.37. The van der Waals surface area contributed by atoms with Gasteiger partial charge in [0, 0.05) is 50.1 Å². The number of amides is 1. The molecular weight excluding hydrogens is 523 g/mol. The van der Waals surface area contributed by atoms with Gasteiger partial charge in [0.25, 0.3) is 0 Å². The van der Waals surface area contributed by atoms with Crippen molar-refractivity contribution in [1.29, 1.82) is 0 Å². The van der Waals surface area contributed by atoms with Crippen LogP contribution in [-0.4, -0.2) is 44.2 Å². The molecule has 0 fully saturated rings. The highest BCUT2D eigenvalue weighted by Gasteiger charge is 2.12. The Morgan fingerprint density at radius 2 is 2.00 bits per heavy atom. The van der Waals surface area contributed by atoms with Crippen LogP contribution in [0.3, 0.4) is 0 Å². The Morgan fingerprint density at radius 3 is 2.75 bits per heavy atom. The zero-order valence-electron chi connectivity index (χ0n) is 18.7. The SMILES string of the molecule is CCC(C)NC(=O)CCNC(=NCCc1ccco1)Nc1ccc2c(c1)OCCCO2.I. The zero-order chi connectivity index (χ0) is 21.9. The zero-order valence-corrected chi connectivity index (χ0v) is 21.0. The topological polar surface area (TPSA) is 97.1 Å². The molecule has 32 heavy (non-hydrogen) atoms. The number of ether oxygens (including phenoxy) is 2. The summed E-state index contributed by atoms with van der Waals surface area (Å²) in [5.41, 5.74) is 0.831. The lowest BCUT2D eigenvalue weighted by Gasteiger charge is -2.15. The second-order valence-electron chi connectivity index (χ2n) is 7.45. The van der Waals surface area contributed by atoms with Gasteiger partial charge in [-0.25, -0.2) is 0 Å². The molecule has 176 valence electrons. The Balaban J connectivity index is 0.00000363. The van der Waals surface area contributed by atoms with Gasteiger partial charge in [-0.1, -0.05) is 6.92 Å². The van der Waals surface area contributed by atoms with Gasteiger partial charge in [-0.2, -0.15) is 0 Å². The van der Waals surface area contributed by atoms with Crippen LogP contribution in [0.2, 0.25) is 0 Å². The van der Waals surface area contributed by atoms with Crippen molar-refractivity contribution >= 4 is 41.5 Å². The second kappa shape index (κ2) is 13.9. The molecule has 2 aromatic rings. The average Bonchev–Trinajstić information content (AvgIpc) is 3.17. The molecular formula is C23H33IN4O4. The number of hydrogen-bond donors (Lipinski definition) is 3. The van der Waals surface area contributed by atoms with Crippen molar-refractivity contribution in [2.75, 3.05) is 31.6 Å². The van der Waals surface area contributed by atoms with Crippen molar-refractivity contribution in [3.8, 4) is 11.5 Å². The molecule has 0 bridgehead atoms. The highest BCUT2D eigenvalue weighted by molar-refractivity contribution is 14.0. The largest absolute Gasteiger partial charge is 0.490 e. The van der Waals surface area contributed by atoms with E-state index in [9.17, 15) is 4.79 Å². The number of carbonyl (C=O) groups is 1. The molecule has 0 aliphatic carbocycles. The van der Waals surface area contributed by atoms with Gasteiger partial charge in [-0.3, -0.25) is 9.79 Å². The number of guanidine groups is 1. The number of nitrogens with one attached hydrogen (secondary N) is 3. The van der Waals surface area contributed by atoms with Crippen LogP contribution in [0.1, 0.15) is 38.9 Å². The van der Waals surface area contributed by atoms with E-state index in [1.807, 2.05) is 44.2 Å². The second-order valence-corrected chi connectivity index (χ2v) is 7.45. The molecule has 0 saturated carbocycles. The van der Waals surface area contributed by atoms with Gasteiger partial charge >= 0.3 is 0 Å². The first-order valence-electron chi connectivity index (χ1n) is 10.9. The number of benzene rings is 1. The monoisotopic (exact) mass is 556 g/mol. The lowest BCUT2D eigenvalue weighted by molar-refractivity contribution is -0.121. The van der Waals surface area contributed by atoms with Gasteiger partial charge in [0.2, 0.25) is 5.91 Å². The quantitative estimate of drug-likeness (QED) is 0.246. The highest BCUT2D eigenvalue weighted by atomic mass is 127. The number of anilines is 1. The molecule has 8 nitrogen and oxygen atoms in total. The summed E-state index contributed by atoms with van der Waals surface area (Å²) in [6.45, 7) is 6.35. The Hall–Kier alpha value is -2.43. The number of nitrogens with zero attached hydrogens (tertiary/aromatic N) is 1. The fourth-order valence-corrected chi connectivity index (χ4v) is 2.99. The molecule has 1 aliphatic heterocycles. The normalized spacial score (nSPS) is 14.0. The molecule has 1 unspecified atom stereocenters. The standard InChI is InChI=1S/C23H32N4O4.HI/c1-3-17(2)26-22(28)10-12-25-23(24-11-9-19-6-4-13-29-19)27-18-7-8-20-21(16-18)31-15-5-14-30-20;/h4,6-8,13,16-17H,3,5,9-12,14-15H2,1-2H3,(H,26,28)(H2,24,25,27);1H. The van der Waals surface area contributed by atoms with Crippen molar-refractivity contribution in [2.45, 2.75) is 45.6 Å². The molecule has 1 aromatic heterocycles. The van der Waals surface area contributed by atoms with E-state index in [0.29, 0.717) is 50.9 Å². The predicted octanol–water partition coefficient (Wildman–Crippen LogP) is 3.96. The van der Waals surface area contributed by atoms with E-state index in [0.717, 1.165) is 30.0 Å². The average molecular weight is 556 g/mol. The fourth-order valence-electron chi connectivity index (χ4n) is 2.99. The first-order valence-corrected chi connectivity index (χ1v) is 10.9. The summed E-state index contributed by atoms with van der Waals surface area (Å²) in [5.74, 6) is 2.95. The maximum absolute atomic E-state index is 12.1. The Bertz CT molecular complexity index is 858. The molecule has 1 aliphatic rings. The van der Waals surface area contributed by atoms with Crippen LogP contribution in [0.5, 0.6) is 11.5 Å². The number of carbonyl (C=O) groups excluding carboxylic acids is 1. The summed E-state index contributed by atoms with van der Waals surface area (Å²) in [5, 5.41) is 9.51. The molecule has 3 N–H and O–H groups in total. The molecule has 1 atom stereocenters. The first kappa shape index (κ1) is 25.8. The summed E-state index contributed by atoms with van der Waals surface area (Å²) in [6, 6.07) is 9.69. The Morgan fingerprint density at radius 1 is 1.19 bits per heavy atom. The van der Waals surface area contributed by atoms with Gasteiger partial charge < -0.3 is 29.8 Å². The number of aliphatic imine (C=N–C) groups is 1. The first-order chi connectivity index (χ1) is 15.1. The summed E-state index contributed by atoms with van der Waals surface area (Å²) in [4.78, 5) is 16.7. The molecule has 1 aromatic carbocycles. The molecule has 3 rings (SSSR count). The smallest absolute Gasteiger partial charge is 0.221 e. The third kappa shape index (κ3) is 8.60. The van der Waals surface area contributed by atoms with E-state index >= 15 is 0 Å². The maximum atomic E-state index is 12.1. The lowest BCUT2D eigenvalue weighted by atomic mass is 10.2. The summed E-state index contributed by atoms with van der Waals surface area (Å²) >= 11 is 0. The van der Waals surface area contributed by atoms with Crippen LogP contribution < -0.4 is 25.4 Å². The molecule has 0 spiro atoms. The van der Waals surface area contributed by atoms with Crippen LogP contribution in [0.4, 0.5) is 5.69 Å². The molecule has 9 heteroatoms. The van der Waals surface area contributed by atoms with E-state index in [4.69, 9.17) is 13.9 Å². The minimum Gasteiger partial charge on any atom is -0.490 e. The molecule has 0 radical (unpaired) electrons. The Labute approximate surface area is 206 Å². The van der Waals surface area contributed by atoms with E-state index in [1.54, 1.807) is 6.26 Å². The maximum Gasteiger partial charge on any atom is 0.221 e. The van der Waals surface area contributed by atoms with E-state index in [2.05, 4.69) is 20.9 Å². The van der Waals surface area contributed by atoms with Crippen molar-refractivity contribution in [3.63, 3.8) is 0 Å². The summed E-state index contributed by atoms with van der Waals surface area (Å²) in [6.07, 6.45) is 4.48. The van der Waals surface area contributed by atoms with E-state index < -0.39 is 0 Å². The van der Waals surface area contributed by atoms with Crippen LogP contribution in [0, 0.1) is 0 Å². The fraction of sp³-hybridized carbons (Fsp3) is 0.478. The number of halogens is 1. The summed E-state index contributed by atoms with van der Waals surface area (Å²) in [7, 11) is 0. The van der Waals surface area contributed by atoms with Crippen LogP contribution in [0.25, 0.3) is 0 Å². The van der Waals surface area contributed by atoms with Gasteiger partial charge in [-0.15, -0.1) is 24.0 Å². The van der Waals surface area contributed by atoms with Crippen LogP contribution in [-0.2, 0) is 11.2 Å². The van der Waals surface area contributed by atoms with Crippen molar-refractivity contribution in [1.82, 2.24) is 10.6 Å². The minimum absolute atomic E-state index is 0. The predicted molar refractivity (Wildman–Crippen MR) is 136 cm³/mol. The number of furan rings is 1. The van der Waals surface area contributed by atoms with Gasteiger partial charge in [0.05, 0.1) is 19.5 Å². The third-order valence-corrected chi connectivity index (χ3v) is 4.88. The van der Waals surface area contributed by atoms with Crippen LogP contribution in [0.15, 0.2) is 46.0 Å². The van der Waals surface area contributed by atoms with E-state index in [1.165, 1.54) is 0 Å². The van der Waals surface area contributed by atoms with Gasteiger partial charge in [-0.05, 0) is 37.6 Å². The van der Waals surface area contributed by atoms with E-state index in [-0.39, 0.29) is 35.9 Å². The molecule has 0 saturated heterocycles. The van der Waals surface area contributed by atoms with Crippen molar-refractivity contribution in [2.24, 2.45) is 4.99 Å². The Kier molecular flexibility index (Phi) is 11.2. The van der Waals surface area contributed by atoms with Crippen LogP contribution >= 0.6 is 24.0 Å².